The van der Waals surface area contributed by atoms with E-state index in [1.807, 2.05) is 18.2 Å². The molecule has 1 heterocycles. The third kappa shape index (κ3) is 4.09. The van der Waals surface area contributed by atoms with Gasteiger partial charge in [-0.1, -0.05) is 39.0 Å². The van der Waals surface area contributed by atoms with Crippen molar-refractivity contribution in [2.75, 3.05) is 19.8 Å². The summed E-state index contributed by atoms with van der Waals surface area (Å²) in [5.41, 5.74) is 0.938. The smallest absolute Gasteiger partial charge is 0.134 e. The van der Waals surface area contributed by atoms with Gasteiger partial charge in [-0.05, 0) is 31.0 Å². The van der Waals surface area contributed by atoms with Crippen LogP contribution in [0, 0.1) is 5.92 Å². The van der Waals surface area contributed by atoms with Gasteiger partial charge in [0.15, 0.2) is 0 Å². The summed E-state index contributed by atoms with van der Waals surface area (Å²) in [6.45, 7) is 8.88. The molecule has 0 amide bonds. The Kier molecular flexibility index (Phi) is 5.62. The van der Waals surface area contributed by atoms with Crippen molar-refractivity contribution in [3.05, 3.63) is 36.1 Å². The Bertz CT molecular complexity index is 485. The number of rotatable bonds is 8. The first kappa shape index (κ1) is 15.1. The molecule has 0 radical (unpaired) electrons. The third-order valence-electron chi connectivity index (χ3n) is 3.36. The minimum absolute atomic E-state index is 0.125. The molecule has 0 aliphatic rings. The first-order chi connectivity index (χ1) is 9.70. The molecule has 2 aromatic rings. The number of para-hydroxylation sites is 1. The highest BCUT2D eigenvalue weighted by molar-refractivity contribution is 5.77. The molecule has 2 rings (SSSR count). The summed E-state index contributed by atoms with van der Waals surface area (Å²) in [6.07, 6.45) is 1.10. The molecule has 0 spiro atoms. The summed E-state index contributed by atoms with van der Waals surface area (Å²) >= 11 is 0. The predicted octanol–water partition coefficient (Wildman–Crippen LogP) is 4.15. The number of furan rings is 1. The summed E-state index contributed by atoms with van der Waals surface area (Å²) in [5.74, 6) is 1.64. The topological polar surface area (TPSA) is 34.4 Å². The average Bonchev–Trinajstić information content (AvgIpc) is 2.85. The number of benzene rings is 1. The Labute approximate surface area is 121 Å². The molecule has 1 aromatic carbocycles. The van der Waals surface area contributed by atoms with E-state index in [4.69, 9.17) is 9.15 Å². The molecule has 1 atom stereocenters. The second kappa shape index (κ2) is 7.46. The van der Waals surface area contributed by atoms with Crippen molar-refractivity contribution in [1.29, 1.82) is 0 Å². The number of likely N-dealkylation sites (N-methyl/N-ethyl adjacent to an activating group) is 1. The Morgan fingerprint density at radius 3 is 2.75 bits per heavy atom. The second-order valence-corrected chi connectivity index (χ2v) is 5.55. The lowest BCUT2D eigenvalue weighted by atomic mass is 10.1. The lowest BCUT2D eigenvalue weighted by Gasteiger charge is -2.16. The highest BCUT2D eigenvalue weighted by Crippen LogP contribution is 2.24. The summed E-state index contributed by atoms with van der Waals surface area (Å²) in [7, 11) is 0. The van der Waals surface area contributed by atoms with E-state index in [0.717, 1.165) is 36.3 Å². The first-order valence-corrected chi connectivity index (χ1v) is 7.50. The Balaban J connectivity index is 1.99. The van der Waals surface area contributed by atoms with Crippen LogP contribution in [0.25, 0.3) is 11.0 Å². The molecule has 1 aromatic heterocycles. The van der Waals surface area contributed by atoms with Crippen molar-refractivity contribution in [2.24, 2.45) is 5.92 Å². The monoisotopic (exact) mass is 275 g/mol. The van der Waals surface area contributed by atoms with E-state index in [9.17, 15) is 0 Å². The van der Waals surface area contributed by atoms with Crippen LogP contribution in [0.4, 0.5) is 0 Å². The average molecular weight is 275 g/mol. The maximum absolute atomic E-state index is 5.92. The zero-order chi connectivity index (χ0) is 14.4. The molecule has 0 fully saturated rings. The van der Waals surface area contributed by atoms with Crippen LogP contribution < -0.4 is 5.32 Å². The lowest BCUT2D eigenvalue weighted by Crippen LogP contribution is -2.25. The highest BCUT2D eigenvalue weighted by atomic mass is 16.5. The van der Waals surface area contributed by atoms with E-state index in [1.165, 1.54) is 0 Å². The highest BCUT2D eigenvalue weighted by Gasteiger charge is 2.15. The van der Waals surface area contributed by atoms with Crippen LogP contribution in [0.3, 0.4) is 0 Å². The standard InChI is InChI=1S/C17H25NO2/c1-4-18-15(12-19-10-9-13(2)3)17-11-14-7-5-6-8-16(14)20-17/h5-8,11,13,15,18H,4,9-10,12H2,1-3H3. The molecule has 0 saturated carbocycles. The van der Waals surface area contributed by atoms with Gasteiger partial charge in [-0.2, -0.15) is 0 Å². The summed E-state index contributed by atoms with van der Waals surface area (Å²) < 4.78 is 11.7. The predicted molar refractivity (Wildman–Crippen MR) is 82.9 cm³/mol. The number of ether oxygens (including phenoxy) is 1. The van der Waals surface area contributed by atoms with Crippen LogP contribution in [-0.4, -0.2) is 19.8 Å². The van der Waals surface area contributed by atoms with Crippen molar-refractivity contribution in [3.63, 3.8) is 0 Å². The zero-order valence-corrected chi connectivity index (χ0v) is 12.7. The fourth-order valence-corrected chi connectivity index (χ4v) is 2.18. The van der Waals surface area contributed by atoms with Gasteiger partial charge in [-0.25, -0.2) is 0 Å². The molecule has 0 saturated heterocycles. The van der Waals surface area contributed by atoms with Gasteiger partial charge in [0.25, 0.3) is 0 Å². The van der Waals surface area contributed by atoms with Crippen molar-refractivity contribution in [1.82, 2.24) is 5.32 Å². The summed E-state index contributed by atoms with van der Waals surface area (Å²) in [5, 5.41) is 4.58. The number of fused-ring (bicyclic) bond motifs is 1. The molecule has 0 aliphatic heterocycles. The van der Waals surface area contributed by atoms with Crippen molar-refractivity contribution in [3.8, 4) is 0 Å². The molecule has 110 valence electrons. The quantitative estimate of drug-likeness (QED) is 0.735. The zero-order valence-electron chi connectivity index (χ0n) is 12.7. The molecule has 20 heavy (non-hydrogen) atoms. The molecular formula is C17H25NO2. The van der Waals surface area contributed by atoms with Crippen molar-refractivity contribution >= 4 is 11.0 Å². The SMILES string of the molecule is CCNC(COCCC(C)C)c1cc2ccccc2o1. The van der Waals surface area contributed by atoms with Gasteiger partial charge in [-0.3, -0.25) is 0 Å². The van der Waals surface area contributed by atoms with Crippen LogP contribution in [0.15, 0.2) is 34.7 Å². The number of hydrogen-bond acceptors (Lipinski definition) is 3. The normalized spacial score (nSPS) is 13.2. The fraction of sp³-hybridized carbons (Fsp3) is 0.529. The van der Waals surface area contributed by atoms with E-state index in [0.29, 0.717) is 12.5 Å². The fourth-order valence-electron chi connectivity index (χ4n) is 2.18. The lowest BCUT2D eigenvalue weighted by molar-refractivity contribution is 0.0975. The van der Waals surface area contributed by atoms with Gasteiger partial charge in [0.2, 0.25) is 0 Å². The van der Waals surface area contributed by atoms with E-state index in [-0.39, 0.29) is 6.04 Å². The molecular weight excluding hydrogens is 250 g/mol. The van der Waals surface area contributed by atoms with Crippen LogP contribution in [0.1, 0.15) is 39.0 Å². The Morgan fingerprint density at radius 1 is 1.25 bits per heavy atom. The molecule has 0 bridgehead atoms. The molecule has 1 N–H and O–H groups in total. The van der Waals surface area contributed by atoms with Crippen molar-refractivity contribution < 1.29 is 9.15 Å². The summed E-state index contributed by atoms with van der Waals surface area (Å²) in [6, 6.07) is 10.3. The van der Waals surface area contributed by atoms with Crippen LogP contribution in [0.2, 0.25) is 0 Å². The van der Waals surface area contributed by atoms with E-state index < -0.39 is 0 Å². The molecule has 3 nitrogen and oxygen atoms in total. The van der Waals surface area contributed by atoms with Gasteiger partial charge in [0.1, 0.15) is 11.3 Å². The summed E-state index contributed by atoms with van der Waals surface area (Å²) in [4.78, 5) is 0. The third-order valence-corrected chi connectivity index (χ3v) is 3.36. The van der Waals surface area contributed by atoms with E-state index in [1.54, 1.807) is 0 Å². The number of hydrogen-bond donors (Lipinski definition) is 1. The minimum Gasteiger partial charge on any atom is -0.459 e. The molecule has 3 heteroatoms. The molecule has 1 unspecified atom stereocenters. The largest absolute Gasteiger partial charge is 0.459 e. The maximum Gasteiger partial charge on any atom is 0.134 e. The first-order valence-electron chi connectivity index (χ1n) is 7.50. The van der Waals surface area contributed by atoms with Gasteiger partial charge < -0.3 is 14.5 Å². The van der Waals surface area contributed by atoms with Crippen molar-refractivity contribution in [2.45, 2.75) is 33.2 Å². The second-order valence-electron chi connectivity index (χ2n) is 5.55. The Hall–Kier alpha value is -1.32. The number of nitrogens with one attached hydrogen (secondary N) is 1. The Morgan fingerprint density at radius 2 is 2.05 bits per heavy atom. The minimum atomic E-state index is 0.125. The molecule has 0 aliphatic carbocycles. The van der Waals surface area contributed by atoms with E-state index in [2.05, 4.69) is 38.2 Å². The van der Waals surface area contributed by atoms with Gasteiger partial charge in [0, 0.05) is 12.0 Å². The van der Waals surface area contributed by atoms with Crippen LogP contribution in [0.5, 0.6) is 0 Å². The van der Waals surface area contributed by atoms with Crippen LogP contribution >= 0.6 is 0 Å². The van der Waals surface area contributed by atoms with Crippen LogP contribution in [-0.2, 0) is 4.74 Å². The van der Waals surface area contributed by atoms with E-state index >= 15 is 0 Å². The van der Waals surface area contributed by atoms with Gasteiger partial charge >= 0.3 is 0 Å². The maximum atomic E-state index is 5.92. The van der Waals surface area contributed by atoms with Gasteiger partial charge in [-0.15, -0.1) is 0 Å². The van der Waals surface area contributed by atoms with Gasteiger partial charge in [0.05, 0.1) is 12.6 Å².